The van der Waals surface area contributed by atoms with Crippen LogP contribution in [0.4, 0.5) is 10.5 Å². The number of aryl methyl sites for hydroxylation is 1. The lowest BCUT2D eigenvalue weighted by Crippen LogP contribution is -2.41. The molecule has 0 saturated carbocycles. The molecule has 2 rings (SSSR count). The fraction of sp³-hybridized carbons (Fsp3) is 0.588. The van der Waals surface area contributed by atoms with Crippen LogP contribution in [-0.2, 0) is 4.74 Å². The summed E-state index contributed by atoms with van der Waals surface area (Å²) in [5, 5.41) is 3.30. The fourth-order valence-electron chi connectivity index (χ4n) is 2.77. The molecule has 1 N–H and O–H groups in total. The Hall–Kier alpha value is -1.26. The maximum absolute atomic E-state index is 12.1. The SMILES string of the molecule is CCCCN1CCC[C@H](OC(=O)Nc2c(C)cccc2Cl)C1. The van der Waals surface area contributed by atoms with Crippen LogP contribution in [-0.4, -0.2) is 36.7 Å². The monoisotopic (exact) mass is 324 g/mol. The minimum atomic E-state index is -0.418. The van der Waals surface area contributed by atoms with E-state index < -0.39 is 6.09 Å². The average Bonchev–Trinajstić information content (AvgIpc) is 2.49. The van der Waals surface area contributed by atoms with Crippen molar-refractivity contribution >= 4 is 23.4 Å². The van der Waals surface area contributed by atoms with Gasteiger partial charge in [0.1, 0.15) is 6.10 Å². The van der Waals surface area contributed by atoms with Gasteiger partial charge in [0.05, 0.1) is 10.7 Å². The van der Waals surface area contributed by atoms with Gasteiger partial charge in [-0.1, -0.05) is 37.1 Å². The number of carbonyl (C=O) groups excluding carboxylic acids is 1. The summed E-state index contributed by atoms with van der Waals surface area (Å²) in [4.78, 5) is 14.5. The van der Waals surface area contributed by atoms with Gasteiger partial charge in [0.25, 0.3) is 0 Å². The summed E-state index contributed by atoms with van der Waals surface area (Å²) in [6.45, 7) is 7.12. The van der Waals surface area contributed by atoms with Gasteiger partial charge in [-0.2, -0.15) is 0 Å². The van der Waals surface area contributed by atoms with E-state index in [1.165, 1.54) is 12.8 Å². The number of ether oxygens (including phenoxy) is 1. The number of piperidine rings is 1. The van der Waals surface area contributed by atoms with Gasteiger partial charge < -0.3 is 4.74 Å². The molecule has 22 heavy (non-hydrogen) atoms. The summed E-state index contributed by atoms with van der Waals surface area (Å²) in [5.74, 6) is 0. The Morgan fingerprint density at radius 3 is 3.05 bits per heavy atom. The number of para-hydroxylation sites is 1. The number of nitrogens with one attached hydrogen (secondary N) is 1. The Morgan fingerprint density at radius 1 is 1.50 bits per heavy atom. The molecular formula is C17H25ClN2O2. The molecule has 0 bridgehead atoms. The van der Waals surface area contributed by atoms with E-state index in [1.807, 2.05) is 19.1 Å². The molecule has 1 amide bonds. The van der Waals surface area contributed by atoms with Crippen LogP contribution in [0.3, 0.4) is 0 Å². The Labute approximate surface area is 137 Å². The molecule has 0 aromatic heterocycles. The number of carbonyl (C=O) groups is 1. The van der Waals surface area contributed by atoms with Crippen LogP contribution in [0.5, 0.6) is 0 Å². The van der Waals surface area contributed by atoms with Gasteiger partial charge in [-0.3, -0.25) is 10.2 Å². The van der Waals surface area contributed by atoms with E-state index in [0.717, 1.165) is 38.0 Å². The molecule has 0 radical (unpaired) electrons. The Kier molecular flexibility index (Phi) is 6.52. The molecule has 0 spiro atoms. The van der Waals surface area contributed by atoms with Crippen molar-refractivity contribution in [2.75, 3.05) is 25.0 Å². The zero-order valence-electron chi connectivity index (χ0n) is 13.4. The van der Waals surface area contributed by atoms with Crippen LogP contribution >= 0.6 is 11.6 Å². The molecule has 5 heteroatoms. The highest BCUT2D eigenvalue weighted by Gasteiger charge is 2.23. The Bertz CT molecular complexity index is 487. The fourth-order valence-corrected chi connectivity index (χ4v) is 3.04. The van der Waals surface area contributed by atoms with E-state index >= 15 is 0 Å². The summed E-state index contributed by atoms with van der Waals surface area (Å²) < 4.78 is 5.57. The van der Waals surface area contributed by atoms with E-state index in [4.69, 9.17) is 16.3 Å². The molecule has 1 atom stereocenters. The van der Waals surface area contributed by atoms with Gasteiger partial charge in [0, 0.05) is 6.54 Å². The molecule has 1 aromatic carbocycles. The topological polar surface area (TPSA) is 41.6 Å². The zero-order valence-corrected chi connectivity index (χ0v) is 14.2. The van der Waals surface area contributed by atoms with E-state index in [2.05, 4.69) is 17.1 Å². The van der Waals surface area contributed by atoms with Crippen LogP contribution in [0.15, 0.2) is 18.2 Å². The average molecular weight is 325 g/mol. The summed E-state index contributed by atoms with van der Waals surface area (Å²) in [7, 11) is 0. The maximum Gasteiger partial charge on any atom is 0.411 e. The van der Waals surface area contributed by atoms with Crippen LogP contribution in [0.25, 0.3) is 0 Å². The summed E-state index contributed by atoms with van der Waals surface area (Å²) >= 11 is 6.12. The number of hydrogen-bond donors (Lipinski definition) is 1. The number of likely N-dealkylation sites (tertiary alicyclic amines) is 1. The molecule has 1 aliphatic rings. The molecule has 0 unspecified atom stereocenters. The smallest absolute Gasteiger partial charge is 0.411 e. The lowest BCUT2D eigenvalue weighted by molar-refractivity contribution is 0.0495. The highest BCUT2D eigenvalue weighted by Crippen LogP contribution is 2.25. The first-order valence-electron chi connectivity index (χ1n) is 8.05. The number of unbranched alkanes of at least 4 members (excludes halogenated alkanes) is 1. The number of halogens is 1. The minimum absolute atomic E-state index is 0.0339. The molecule has 1 fully saturated rings. The highest BCUT2D eigenvalue weighted by molar-refractivity contribution is 6.33. The van der Waals surface area contributed by atoms with E-state index in [-0.39, 0.29) is 6.10 Å². The molecule has 4 nitrogen and oxygen atoms in total. The zero-order chi connectivity index (χ0) is 15.9. The van der Waals surface area contributed by atoms with Crippen molar-refractivity contribution in [2.24, 2.45) is 0 Å². The summed E-state index contributed by atoms with van der Waals surface area (Å²) in [6, 6.07) is 5.53. The van der Waals surface area contributed by atoms with Gasteiger partial charge in [0.2, 0.25) is 0 Å². The first kappa shape index (κ1) is 17.1. The molecular weight excluding hydrogens is 300 g/mol. The third-order valence-electron chi connectivity index (χ3n) is 4.01. The standard InChI is InChI=1S/C17H25ClN2O2/c1-3-4-10-20-11-6-8-14(12-20)22-17(21)19-16-13(2)7-5-9-15(16)18/h5,7,9,14H,3-4,6,8,10-12H2,1-2H3,(H,19,21)/t14-/m0/s1. The van der Waals surface area contributed by atoms with E-state index in [1.54, 1.807) is 6.07 Å². The molecule has 122 valence electrons. The summed E-state index contributed by atoms with van der Waals surface area (Å²) in [6.07, 6.45) is 3.93. The van der Waals surface area contributed by atoms with Crippen LogP contribution in [0.1, 0.15) is 38.2 Å². The molecule has 1 aliphatic heterocycles. The lowest BCUT2D eigenvalue weighted by Gasteiger charge is -2.32. The first-order chi connectivity index (χ1) is 10.6. The van der Waals surface area contributed by atoms with Gasteiger partial charge in [0.15, 0.2) is 0 Å². The number of amides is 1. The van der Waals surface area contributed by atoms with Crippen molar-refractivity contribution < 1.29 is 9.53 Å². The predicted molar refractivity (Wildman–Crippen MR) is 90.7 cm³/mol. The van der Waals surface area contributed by atoms with Crippen molar-refractivity contribution in [3.63, 3.8) is 0 Å². The van der Waals surface area contributed by atoms with E-state index in [0.29, 0.717) is 10.7 Å². The molecule has 1 heterocycles. The van der Waals surface area contributed by atoms with Crippen molar-refractivity contribution in [3.8, 4) is 0 Å². The quantitative estimate of drug-likeness (QED) is 0.869. The van der Waals surface area contributed by atoms with Gasteiger partial charge >= 0.3 is 6.09 Å². The van der Waals surface area contributed by atoms with Crippen molar-refractivity contribution in [1.29, 1.82) is 0 Å². The van der Waals surface area contributed by atoms with Crippen molar-refractivity contribution in [2.45, 2.75) is 45.6 Å². The normalized spacial score (nSPS) is 19.0. The maximum atomic E-state index is 12.1. The Morgan fingerprint density at radius 2 is 2.32 bits per heavy atom. The lowest BCUT2D eigenvalue weighted by atomic mass is 10.1. The molecule has 0 aliphatic carbocycles. The largest absolute Gasteiger partial charge is 0.445 e. The van der Waals surface area contributed by atoms with Gasteiger partial charge in [-0.05, 0) is 50.9 Å². The van der Waals surface area contributed by atoms with Crippen molar-refractivity contribution in [3.05, 3.63) is 28.8 Å². The second-order valence-corrected chi connectivity index (χ2v) is 6.29. The van der Waals surface area contributed by atoms with Crippen LogP contribution < -0.4 is 5.32 Å². The molecule has 1 aromatic rings. The molecule has 1 saturated heterocycles. The van der Waals surface area contributed by atoms with Gasteiger partial charge in [-0.25, -0.2) is 4.79 Å². The van der Waals surface area contributed by atoms with E-state index in [9.17, 15) is 4.79 Å². The second-order valence-electron chi connectivity index (χ2n) is 5.88. The van der Waals surface area contributed by atoms with Gasteiger partial charge in [-0.15, -0.1) is 0 Å². The predicted octanol–water partition coefficient (Wildman–Crippen LogP) is 4.46. The number of rotatable bonds is 5. The number of nitrogens with zero attached hydrogens (tertiary/aromatic N) is 1. The second kappa shape index (κ2) is 8.39. The first-order valence-corrected chi connectivity index (χ1v) is 8.43. The number of hydrogen-bond acceptors (Lipinski definition) is 3. The highest BCUT2D eigenvalue weighted by atomic mass is 35.5. The minimum Gasteiger partial charge on any atom is -0.445 e. The van der Waals surface area contributed by atoms with Crippen LogP contribution in [0.2, 0.25) is 5.02 Å². The number of benzene rings is 1. The van der Waals surface area contributed by atoms with Crippen LogP contribution in [0, 0.1) is 6.92 Å². The Balaban J connectivity index is 1.86. The third kappa shape index (κ3) is 4.89. The third-order valence-corrected chi connectivity index (χ3v) is 4.33. The summed E-state index contributed by atoms with van der Waals surface area (Å²) in [5.41, 5.74) is 1.56. The van der Waals surface area contributed by atoms with Crippen molar-refractivity contribution in [1.82, 2.24) is 4.90 Å². The number of anilines is 1.